The number of benzene rings is 2. The van der Waals surface area contributed by atoms with Gasteiger partial charge in [0, 0.05) is 0 Å². The van der Waals surface area contributed by atoms with Crippen molar-refractivity contribution in [1.29, 1.82) is 0 Å². The predicted octanol–water partition coefficient (Wildman–Crippen LogP) is 4.84. The van der Waals surface area contributed by atoms with Gasteiger partial charge in [-0.15, -0.1) is 0 Å². The fraction of sp³-hybridized carbons (Fsp3) is 0.481. The fourth-order valence-corrected chi connectivity index (χ4v) is 4.88. The number of aryl methyl sites for hydroxylation is 1. The van der Waals surface area contributed by atoms with Crippen LogP contribution in [0.15, 0.2) is 54.6 Å². The summed E-state index contributed by atoms with van der Waals surface area (Å²) in [6.45, 7) is 4.52. The summed E-state index contributed by atoms with van der Waals surface area (Å²) in [7, 11) is 0. The zero-order valence-electron chi connectivity index (χ0n) is 19.0. The van der Waals surface area contributed by atoms with E-state index in [-0.39, 0.29) is 24.3 Å². The van der Waals surface area contributed by atoms with Crippen LogP contribution in [-0.4, -0.2) is 42.5 Å². The second-order valence-electron chi connectivity index (χ2n) is 8.99. The van der Waals surface area contributed by atoms with Crippen LogP contribution in [0, 0.1) is 5.92 Å². The molecule has 0 aromatic heterocycles. The highest BCUT2D eigenvalue weighted by Crippen LogP contribution is 2.31. The van der Waals surface area contributed by atoms with Gasteiger partial charge in [-0.05, 0) is 80.9 Å². The molecular weight excluding hydrogens is 400 g/mol. The van der Waals surface area contributed by atoms with Crippen molar-refractivity contribution in [2.45, 2.75) is 57.9 Å². The molecule has 2 amide bonds. The van der Waals surface area contributed by atoms with Gasteiger partial charge in [-0.1, -0.05) is 43.7 Å². The van der Waals surface area contributed by atoms with Crippen molar-refractivity contribution in [1.82, 2.24) is 4.90 Å². The van der Waals surface area contributed by atoms with Crippen LogP contribution in [0.5, 0.6) is 5.75 Å². The molecule has 5 nitrogen and oxygen atoms in total. The molecule has 2 heterocycles. The summed E-state index contributed by atoms with van der Waals surface area (Å²) in [6.07, 6.45) is 7.02. The van der Waals surface area contributed by atoms with Crippen molar-refractivity contribution < 1.29 is 14.3 Å². The number of nitrogens with zero attached hydrogens (tertiary/aromatic N) is 2. The normalized spacial score (nSPS) is 20.2. The van der Waals surface area contributed by atoms with E-state index in [4.69, 9.17) is 4.74 Å². The average Bonchev–Trinajstić information content (AvgIpc) is 3.13. The standard InChI is InChI=1S/C27H34N2O3/c1-2-19-32-24-13-11-23(12-14-24)29-26(30)20-25(27(29)31)28-17-15-22(16-18-28)10-6-9-21-7-4-3-5-8-21/h3-5,7-8,11-14,22,25H,2,6,9-10,15-20H2,1H3/t25-/m1/s1. The lowest BCUT2D eigenvalue weighted by Crippen LogP contribution is -2.46. The quantitative estimate of drug-likeness (QED) is 0.530. The van der Waals surface area contributed by atoms with E-state index in [0.717, 1.165) is 44.5 Å². The molecule has 0 bridgehead atoms. The zero-order chi connectivity index (χ0) is 22.3. The number of imide groups is 1. The van der Waals surface area contributed by atoms with Crippen LogP contribution in [0.25, 0.3) is 0 Å². The molecule has 0 N–H and O–H groups in total. The van der Waals surface area contributed by atoms with E-state index in [1.807, 2.05) is 24.3 Å². The Kier molecular flexibility index (Phi) is 7.59. The molecule has 5 heteroatoms. The molecular formula is C27H34N2O3. The number of carbonyl (C=O) groups is 2. The highest BCUT2D eigenvalue weighted by Gasteiger charge is 2.43. The lowest BCUT2D eigenvalue weighted by molar-refractivity contribution is -0.123. The third-order valence-electron chi connectivity index (χ3n) is 6.70. The van der Waals surface area contributed by atoms with Crippen molar-refractivity contribution in [3.05, 3.63) is 60.2 Å². The Morgan fingerprint density at radius 2 is 1.69 bits per heavy atom. The molecule has 4 rings (SSSR count). The van der Waals surface area contributed by atoms with Crippen LogP contribution in [-0.2, 0) is 16.0 Å². The minimum Gasteiger partial charge on any atom is -0.494 e. The summed E-state index contributed by atoms with van der Waals surface area (Å²) >= 11 is 0. The molecule has 0 aliphatic carbocycles. The van der Waals surface area contributed by atoms with Gasteiger partial charge in [-0.2, -0.15) is 0 Å². The van der Waals surface area contributed by atoms with Gasteiger partial charge in [0.1, 0.15) is 5.75 Å². The number of carbonyl (C=O) groups excluding carboxylic acids is 2. The Balaban J connectivity index is 1.27. The lowest BCUT2D eigenvalue weighted by Gasteiger charge is -2.34. The minimum atomic E-state index is -0.316. The molecule has 0 saturated carbocycles. The zero-order valence-corrected chi connectivity index (χ0v) is 19.0. The largest absolute Gasteiger partial charge is 0.494 e. The Hall–Kier alpha value is -2.66. The summed E-state index contributed by atoms with van der Waals surface area (Å²) in [4.78, 5) is 29.4. The van der Waals surface area contributed by atoms with Gasteiger partial charge in [0.25, 0.3) is 5.91 Å². The molecule has 0 unspecified atom stereocenters. The van der Waals surface area contributed by atoms with E-state index in [9.17, 15) is 9.59 Å². The molecule has 1 atom stereocenters. The molecule has 0 radical (unpaired) electrons. The van der Waals surface area contributed by atoms with Crippen molar-refractivity contribution >= 4 is 17.5 Å². The number of hydrogen-bond donors (Lipinski definition) is 0. The number of ether oxygens (including phenoxy) is 1. The first-order valence-electron chi connectivity index (χ1n) is 12.0. The molecule has 32 heavy (non-hydrogen) atoms. The molecule has 2 aliphatic heterocycles. The smallest absolute Gasteiger partial charge is 0.251 e. The maximum Gasteiger partial charge on any atom is 0.251 e. The molecule has 170 valence electrons. The van der Waals surface area contributed by atoms with E-state index < -0.39 is 0 Å². The number of likely N-dealkylation sites (tertiary alicyclic amines) is 1. The van der Waals surface area contributed by atoms with Gasteiger partial charge in [-0.25, -0.2) is 4.90 Å². The molecule has 2 fully saturated rings. The van der Waals surface area contributed by atoms with Crippen molar-refractivity contribution in [2.24, 2.45) is 5.92 Å². The first kappa shape index (κ1) is 22.5. The number of amides is 2. The summed E-state index contributed by atoms with van der Waals surface area (Å²) in [5.74, 6) is 1.29. The maximum atomic E-state index is 13.1. The molecule has 0 spiro atoms. The lowest BCUT2D eigenvalue weighted by atomic mass is 9.90. The van der Waals surface area contributed by atoms with E-state index in [0.29, 0.717) is 18.2 Å². The average molecular weight is 435 g/mol. The third-order valence-corrected chi connectivity index (χ3v) is 6.70. The number of hydrogen-bond acceptors (Lipinski definition) is 4. The summed E-state index contributed by atoms with van der Waals surface area (Å²) < 4.78 is 5.61. The summed E-state index contributed by atoms with van der Waals surface area (Å²) in [5, 5.41) is 0. The fourth-order valence-electron chi connectivity index (χ4n) is 4.88. The number of piperidine rings is 1. The van der Waals surface area contributed by atoms with Crippen LogP contribution in [0.4, 0.5) is 5.69 Å². The van der Waals surface area contributed by atoms with Crippen molar-refractivity contribution in [3.8, 4) is 5.75 Å². The van der Waals surface area contributed by atoms with Gasteiger partial charge in [0.05, 0.1) is 24.8 Å². The summed E-state index contributed by atoms with van der Waals surface area (Å²) in [6, 6.07) is 17.6. The van der Waals surface area contributed by atoms with E-state index in [2.05, 4.69) is 42.2 Å². The second-order valence-corrected chi connectivity index (χ2v) is 8.99. The Morgan fingerprint density at radius 1 is 0.969 bits per heavy atom. The maximum absolute atomic E-state index is 13.1. The minimum absolute atomic E-state index is 0.0836. The van der Waals surface area contributed by atoms with Crippen LogP contribution < -0.4 is 9.64 Å². The van der Waals surface area contributed by atoms with Crippen LogP contribution in [0.2, 0.25) is 0 Å². The first-order valence-corrected chi connectivity index (χ1v) is 12.0. The van der Waals surface area contributed by atoms with Gasteiger partial charge < -0.3 is 4.74 Å². The monoisotopic (exact) mass is 434 g/mol. The van der Waals surface area contributed by atoms with Crippen molar-refractivity contribution in [2.75, 3.05) is 24.6 Å². The van der Waals surface area contributed by atoms with Gasteiger partial charge in [0.15, 0.2) is 0 Å². The van der Waals surface area contributed by atoms with E-state index in [1.165, 1.54) is 23.3 Å². The Bertz CT molecular complexity index is 889. The van der Waals surface area contributed by atoms with Crippen LogP contribution >= 0.6 is 0 Å². The molecule has 2 saturated heterocycles. The topological polar surface area (TPSA) is 49.9 Å². The molecule has 2 aromatic carbocycles. The van der Waals surface area contributed by atoms with E-state index >= 15 is 0 Å². The van der Waals surface area contributed by atoms with Crippen molar-refractivity contribution in [3.63, 3.8) is 0 Å². The SMILES string of the molecule is CCCOc1ccc(N2C(=O)C[C@@H](N3CCC(CCCc4ccccc4)CC3)C2=O)cc1. The Labute approximate surface area is 191 Å². The number of rotatable bonds is 9. The van der Waals surface area contributed by atoms with Crippen LogP contribution in [0.3, 0.4) is 0 Å². The molecule has 2 aromatic rings. The highest BCUT2D eigenvalue weighted by atomic mass is 16.5. The highest BCUT2D eigenvalue weighted by molar-refractivity contribution is 6.22. The van der Waals surface area contributed by atoms with Crippen LogP contribution in [0.1, 0.15) is 51.0 Å². The van der Waals surface area contributed by atoms with Gasteiger partial charge in [-0.3, -0.25) is 14.5 Å². The van der Waals surface area contributed by atoms with Gasteiger partial charge >= 0.3 is 0 Å². The first-order chi connectivity index (χ1) is 15.7. The Morgan fingerprint density at radius 3 is 2.38 bits per heavy atom. The third kappa shape index (κ3) is 5.39. The molecule has 2 aliphatic rings. The van der Waals surface area contributed by atoms with Gasteiger partial charge in [0.2, 0.25) is 5.91 Å². The summed E-state index contributed by atoms with van der Waals surface area (Å²) in [5.41, 5.74) is 2.05. The second kappa shape index (κ2) is 10.8. The predicted molar refractivity (Wildman–Crippen MR) is 127 cm³/mol. The number of anilines is 1. The van der Waals surface area contributed by atoms with E-state index in [1.54, 1.807) is 0 Å².